The molecule has 1 saturated heterocycles. The minimum Gasteiger partial charge on any atom is -0.489 e. The van der Waals surface area contributed by atoms with Crippen molar-refractivity contribution in [3.8, 4) is 28.7 Å². The van der Waals surface area contributed by atoms with E-state index in [2.05, 4.69) is 21.7 Å². The molecule has 1 aliphatic rings. The molecule has 8 nitrogen and oxygen atoms in total. The van der Waals surface area contributed by atoms with Gasteiger partial charge in [-0.3, -0.25) is 0 Å². The monoisotopic (exact) mass is 435 g/mol. The Balaban J connectivity index is 1.57. The molecule has 29 heavy (non-hydrogen) atoms. The van der Waals surface area contributed by atoms with Crippen molar-refractivity contribution < 1.29 is 24.2 Å². The summed E-state index contributed by atoms with van der Waals surface area (Å²) in [6, 6.07) is 5.15. The third-order valence-corrected chi connectivity index (χ3v) is 5.56. The fourth-order valence-corrected chi connectivity index (χ4v) is 3.99. The van der Waals surface area contributed by atoms with Crippen LogP contribution in [0.2, 0.25) is 5.02 Å². The summed E-state index contributed by atoms with van der Waals surface area (Å²) in [4.78, 5) is 8.91. The highest BCUT2D eigenvalue weighted by molar-refractivity contribution is 7.10. The van der Waals surface area contributed by atoms with Crippen molar-refractivity contribution in [3.63, 3.8) is 0 Å². The summed E-state index contributed by atoms with van der Waals surface area (Å²) in [5, 5.41) is 26.1. The van der Waals surface area contributed by atoms with Crippen LogP contribution in [0.15, 0.2) is 40.8 Å². The summed E-state index contributed by atoms with van der Waals surface area (Å²) in [6.45, 7) is 3.73. The lowest BCUT2D eigenvalue weighted by molar-refractivity contribution is -0.0225. The van der Waals surface area contributed by atoms with Crippen LogP contribution in [0.5, 0.6) is 5.75 Å². The molecule has 10 heteroatoms. The van der Waals surface area contributed by atoms with Gasteiger partial charge in [-0.15, -0.1) is 11.3 Å². The number of benzene rings is 1. The first-order valence-electron chi connectivity index (χ1n) is 8.86. The van der Waals surface area contributed by atoms with Crippen LogP contribution in [0, 0.1) is 0 Å². The van der Waals surface area contributed by atoms with Crippen molar-refractivity contribution >= 4 is 22.9 Å². The van der Waals surface area contributed by atoms with Crippen LogP contribution in [0.3, 0.4) is 0 Å². The van der Waals surface area contributed by atoms with Crippen molar-refractivity contribution in [2.45, 2.75) is 24.7 Å². The number of aromatic nitrogens is 3. The van der Waals surface area contributed by atoms with Gasteiger partial charge in [0.2, 0.25) is 5.82 Å². The highest BCUT2D eigenvalue weighted by Gasteiger charge is 2.36. The van der Waals surface area contributed by atoms with Crippen LogP contribution >= 0.6 is 22.9 Å². The molecular weight excluding hydrogens is 418 g/mol. The molecule has 0 spiro atoms. The van der Waals surface area contributed by atoms with E-state index in [0.717, 1.165) is 0 Å². The van der Waals surface area contributed by atoms with Crippen molar-refractivity contribution in [2.75, 3.05) is 13.2 Å². The predicted octanol–water partition coefficient (Wildman–Crippen LogP) is 3.26. The molecule has 0 radical (unpaired) electrons. The van der Waals surface area contributed by atoms with Gasteiger partial charge >= 0.3 is 0 Å². The molecule has 4 rings (SSSR count). The van der Waals surface area contributed by atoms with E-state index in [-0.39, 0.29) is 18.6 Å². The van der Waals surface area contributed by atoms with E-state index < -0.39 is 12.2 Å². The molecule has 1 aromatic carbocycles. The van der Waals surface area contributed by atoms with E-state index in [4.69, 9.17) is 25.6 Å². The van der Waals surface area contributed by atoms with E-state index in [1.807, 2.05) is 0 Å². The Hall–Kier alpha value is -2.30. The predicted molar refractivity (Wildman–Crippen MR) is 107 cm³/mol. The molecule has 3 aromatic rings. The second-order valence-corrected chi connectivity index (χ2v) is 7.71. The topological polar surface area (TPSA) is 111 Å². The molecular formula is C19H18ClN3O5S. The first-order valence-corrected chi connectivity index (χ1v) is 10.1. The minimum atomic E-state index is -0.718. The number of rotatable bonds is 7. The van der Waals surface area contributed by atoms with E-state index >= 15 is 0 Å². The average Bonchev–Trinajstić information content (AvgIpc) is 3.45. The molecule has 1 aliphatic heterocycles. The zero-order chi connectivity index (χ0) is 20.4. The number of thiazole rings is 1. The number of ether oxygens (including phenoxy) is 2. The van der Waals surface area contributed by atoms with E-state index in [0.29, 0.717) is 45.9 Å². The van der Waals surface area contributed by atoms with Crippen molar-refractivity contribution in [2.24, 2.45) is 0 Å². The molecule has 152 valence electrons. The van der Waals surface area contributed by atoms with Gasteiger partial charge in [0.05, 0.1) is 18.3 Å². The van der Waals surface area contributed by atoms with Crippen LogP contribution < -0.4 is 4.74 Å². The highest BCUT2D eigenvalue weighted by atomic mass is 35.5. The molecule has 0 saturated carbocycles. The molecule has 0 bridgehead atoms. The van der Waals surface area contributed by atoms with E-state index in [1.54, 1.807) is 29.7 Å². The van der Waals surface area contributed by atoms with Crippen molar-refractivity contribution in [3.05, 3.63) is 46.3 Å². The van der Waals surface area contributed by atoms with Gasteiger partial charge in [-0.2, -0.15) is 4.98 Å². The van der Waals surface area contributed by atoms with Crippen LogP contribution in [0.4, 0.5) is 0 Å². The van der Waals surface area contributed by atoms with Crippen LogP contribution in [-0.2, 0) is 4.74 Å². The van der Waals surface area contributed by atoms with Crippen molar-refractivity contribution in [1.29, 1.82) is 0 Å². The fourth-order valence-electron chi connectivity index (χ4n) is 2.97. The zero-order valence-corrected chi connectivity index (χ0v) is 16.8. The van der Waals surface area contributed by atoms with E-state index in [9.17, 15) is 10.2 Å². The first-order chi connectivity index (χ1) is 14.1. The lowest BCUT2D eigenvalue weighted by Crippen LogP contribution is -2.24. The minimum absolute atomic E-state index is 0.237. The normalized spacial score (nSPS) is 21.4. The summed E-state index contributed by atoms with van der Waals surface area (Å²) >= 11 is 7.48. The number of hydrogen-bond acceptors (Lipinski definition) is 9. The number of hydrogen-bond donors (Lipinski definition) is 2. The molecule has 1 fully saturated rings. The summed E-state index contributed by atoms with van der Waals surface area (Å²) in [7, 11) is 0. The Morgan fingerprint density at radius 1 is 1.38 bits per heavy atom. The van der Waals surface area contributed by atoms with Gasteiger partial charge in [-0.25, -0.2) is 4.98 Å². The third-order valence-electron chi connectivity index (χ3n) is 4.39. The quantitative estimate of drug-likeness (QED) is 0.544. The Kier molecular flexibility index (Phi) is 5.93. The van der Waals surface area contributed by atoms with Gasteiger partial charge in [0.15, 0.2) is 0 Å². The number of nitrogens with zero attached hydrogens (tertiary/aromatic N) is 3. The van der Waals surface area contributed by atoms with Crippen molar-refractivity contribution in [1.82, 2.24) is 15.1 Å². The third kappa shape index (κ3) is 4.19. The SMILES string of the molecule is C=CCOc1ccc(Cl)cc1-c1noc(-c2csc([C@@H]3C[C@H](O)[C@@H](CO)O3)n2)n1. The summed E-state index contributed by atoms with van der Waals surface area (Å²) in [6.07, 6.45) is 0.318. The molecule has 0 unspecified atom stereocenters. The van der Waals surface area contributed by atoms with Gasteiger partial charge in [0.1, 0.15) is 35.3 Å². The lowest BCUT2D eigenvalue weighted by Gasteiger charge is -2.09. The van der Waals surface area contributed by atoms with Crippen LogP contribution in [0.25, 0.3) is 23.0 Å². The molecule has 2 aromatic heterocycles. The molecule has 3 atom stereocenters. The number of halogens is 1. The molecule has 0 aliphatic carbocycles. The summed E-state index contributed by atoms with van der Waals surface area (Å²) in [5.41, 5.74) is 1.10. The maximum Gasteiger partial charge on any atom is 0.277 e. The van der Waals surface area contributed by atoms with Gasteiger partial charge in [0.25, 0.3) is 5.89 Å². The van der Waals surface area contributed by atoms with Gasteiger partial charge in [-0.05, 0) is 18.2 Å². The van der Waals surface area contributed by atoms with E-state index in [1.165, 1.54) is 11.3 Å². The second-order valence-electron chi connectivity index (χ2n) is 6.38. The maximum absolute atomic E-state index is 9.91. The second kappa shape index (κ2) is 8.60. The largest absolute Gasteiger partial charge is 0.489 e. The Labute approximate surface area is 175 Å². The van der Waals surface area contributed by atoms with Crippen LogP contribution in [-0.4, -0.2) is 50.8 Å². The van der Waals surface area contributed by atoms with Gasteiger partial charge in [0, 0.05) is 16.8 Å². The Morgan fingerprint density at radius 3 is 3.00 bits per heavy atom. The Bertz CT molecular complexity index is 1010. The van der Waals surface area contributed by atoms with Crippen LogP contribution in [0.1, 0.15) is 17.5 Å². The maximum atomic E-state index is 9.91. The highest BCUT2D eigenvalue weighted by Crippen LogP contribution is 2.37. The molecule has 2 N–H and O–H groups in total. The molecule has 3 heterocycles. The van der Waals surface area contributed by atoms with Gasteiger partial charge < -0.3 is 24.2 Å². The smallest absolute Gasteiger partial charge is 0.277 e. The Morgan fingerprint density at radius 2 is 2.24 bits per heavy atom. The lowest BCUT2D eigenvalue weighted by atomic mass is 10.1. The zero-order valence-electron chi connectivity index (χ0n) is 15.2. The summed E-state index contributed by atoms with van der Waals surface area (Å²) in [5.74, 6) is 1.13. The average molecular weight is 436 g/mol. The van der Waals surface area contributed by atoms with Gasteiger partial charge in [-0.1, -0.05) is 29.4 Å². The summed E-state index contributed by atoms with van der Waals surface area (Å²) < 4.78 is 16.7. The first kappa shape index (κ1) is 20.0. The molecule has 0 amide bonds. The standard InChI is InChI=1S/C19H18ClN3O5S/c1-2-5-26-14-4-3-10(20)6-11(14)17-22-18(28-23-17)12-9-29-19(21-12)15-7-13(25)16(8-24)27-15/h2-4,6,9,13,15-16,24-25H,1,5,7-8H2/t13-,15-,16+/m0/s1. The number of aliphatic hydroxyl groups is 2. The number of aliphatic hydroxyl groups excluding tert-OH is 2. The fraction of sp³-hybridized carbons (Fsp3) is 0.316.